The van der Waals surface area contributed by atoms with E-state index >= 15 is 0 Å². The minimum atomic E-state index is -0.214. The summed E-state index contributed by atoms with van der Waals surface area (Å²) in [5.74, 6) is 0. The molecule has 1 aliphatic rings. The summed E-state index contributed by atoms with van der Waals surface area (Å²) >= 11 is 0.0925. The van der Waals surface area contributed by atoms with Gasteiger partial charge in [0.2, 0.25) is 0 Å². The van der Waals surface area contributed by atoms with Crippen molar-refractivity contribution < 1.29 is 9.47 Å². The first-order chi connectivity index (χ1) is 7.33. The van der Waals surface area contributed by atoms with E-state index in [1.54, 1.807) is 0 Å². The maximum absolute atomic E-state index is 11.3. The van der Waals surface area contributed by atoms with Crippen LogP contribution in [0.3, 0.4) is 0 Å². The van der Waals surface area contributed by atoms with Gasteiger partial charge >= 0.3 is 98.2 Å². The van der Waals surface area contributed by atoms with Gasteiger partial charge in [-0.2, -0.15) is 0 Å². The predicted octanol–water partition coefficient (Wildman–Crippen LogP) is 0.359. The fourth-order valence-corrected chi connectivity index (χ4v) is 7.13. The average molecular weight is 334 g/mol. The van der Waals surface area contributed by atoms with Gasteiger partial charge in [-0.1, -0.05) is 0 Å². The molecule has 0 saturated carbocycles. The Labute approximate surface area is 98.1 Å². The zero-order chi connectivity index (χ0) is 10.3. The number of ether oxygens (including phenoxy) is 2. The Hall–Kier alpha value is -0.151. The summed E-state index contributed by atoms with van der Waals surface area (Å²) in [6.45, 7) is 1.32. The Morgan fingerprint density at radius 3 is 2.67 bits per heavy atom. The topological polar surface area (TPSA) is 35.5 Å². The fourth-order valence-electron chi connectivity index (χ4n) is 1.59. The molecule has 0 radical (unpaired) electrons. The van der Waals surface area contributed by atoms with E-state index in [1.807, 2.05) is 6.07 Å². The second-order valence-corrected chi connectivity index (χ2v) is 8.80. The van der Waals surface area contributed by atoms with Crippen LogP contribution >= 0.6 is 0 Å². The standard InChI is InChI=1S/C10H8O3Se2/c11-10-14-7-2-1-6(5-8(7)15-10)9-12-3-4-13-9/h1-2,5,9H,3-4H2. The molecule has 2 aromatic rings. The van der Waals surface area contributed by atoms with E-state index < -0.39 is 0 Å². The van der Waals surface area contributed by atoms with Gasteiger partial charge in [0, 0.05) is 0 Å². The molecule has 0 atom stereocenters. The van der Waals surface area contributed by atoms with Crippen molar-refractivity contribution in [3.8, 4) is 0 Å². The van der Waals surface area contributed by atoms with Crippen LogP contribution in [-0.4, -0.2) is 42.2 Å². The van der Waals surface area contributed by atoms with Crippen molar-refractivity contribution in [2.75, 3.05) is 13.2 Å². The Morgan fingerprint density at radius 2 is 1.87 bits per heavy atom. The molecule has 0 amide bonds. The Kier molecular flexibility index (Phi) is 2.69. The van der Waals surface area contributed by atoms with Crippen molar-refractivity contribution in [2.45, 2.75) is 6.29 Å². The summed E-state index contributed by atoms with van der Waals surface area (Å²) in [7, 11) is 0. The van der Waals surface area contributed by atoms with Crippen LogP contribution in [0.5, 0.6) is 0 Å². The van der Waals surface area contributed by atoms with Crippen molar-refractivity contribution in [1.82, 2.24) is 0 Å². The molecule has 5 heteroatoms. The Bertz CT molecular complexity index is 537. The Balaban J connectivity index is 2.08. The quantitative estimate of drug-likeness (QED) is 0.707. The second-order valence-electron chi connectivity index (χ2n) is 3.23. The van der Waals surface area contributed by atoms with E-state index in [9.17, 15) is 4.79 Å². The van der Waals surface area contributed by atoms with Crippen LogP contribution < -0.4 is 3.18 Å². The average Bonchev–Trinajstić information content (AvgIpc) is 2.82. The first kappa shape index (κ1) is 10.0. The van der Waals surface area contributed by atoms with Crippen LogP contribution in [-0.2, 0) is 9.47 Å². The van der Waals surface area contributed by atoms with Gasteiger partial charge in [0.1, 0.15) is 0 Å². The third-order valence-electron chi connectivity index (χ3n) is 2.25. The number of fused-ring (bicyclic) bond motifs is 1. The molecule has 2 heterocycles. The van der Waals surface area contributed by atoms with E-state index in [-0.39, 0.29) is 35.3 Å². The predicted molar refractivity (Wildman–Crippen MR) is 58.7 cm³/mol. The maximum atomic E-state index is 11.3. The van der Waals surface area contributed by atoms with Crippen LogP contribution in [0.1, 0.15) is 11.9 Å². The van der Waals surface area contributed by atoms with Crippen molar-refractivity contribution in [3.05, 3.63) is 31.7 Å². The molecule has 3 nitrogen and oxygen atoms in total. The molecule has 78 valence electrons. The number of rotatable bonds is 1. The molecule has 0 bridgehead atoms. The normalized spacial score (nSPS) is 17.6. The molecular weight excluding hydrogens is 326 g/mol. The third kappa shape index (κ3) is 1.92. The molecule has 0 aliphatic carbocycles. The fraction of sp³-hybridized carbons (Fsp3) is 0.300. The molecule has 0 spiro atoms. The molecule has 1 fully saturated rings. The van der Waals surface area contributed by atoms with Crippen LogP contribution in [0, 0.1) is 0 Å². The molecule has 1 aliphatic heterocycles. The molecule has 15 heavy (non-hydrogen) atoms. The van der Waals surface area contributed by atoms with Crippen molar-refractivity contribution in [1.29, 1.82) is 0 Å². The number of hydrogen-bond acceptors (Lipinski definition) is 3. The zero-order valence-corrected chi connectivity index (χ0v) is 11.2. The number of benzene rings is 1. The Morgan fingerprint density at radius 1 is 1.13 bits per heavy atom. The first-order valence-electron chi connectivity index (χ1n) is 4.60. The van der Waals surface area contributed by atoms with Gasteiger partial charge in [-0.3, -0.25) is 0 Å². The monoisotopic (exact) mass is 336 g/mol. The summed E-state index contributed by atoms with van der Waals surface area (Å²) in [6, 6.07) is 6.16. The van der Waals surface area contributed by atoms with E-state index in [0.29, 0.717) is 16.4 Å². The number of hydrogen-bond donors (Lipinski definition) is 0. The molecule has 0 N–H and O–H groups in total. The van der Waals surface area contributed by atoms with Crippen LogP contribution in [0.25, 0.3) is 8.52 Å². The van der Waals surface area contributed by atoms with E-state index in [2.05, 4.69) is 12.1 Å². The van der Waals surface area contributed by atoms with Gasteiger partial charge in [-0.05, 0) is 0 Å². The van der Waals surface area contributed by atoms with Gasteiger partial charge in [-0.25, -0.2) is 0 Å². The summed E-state index contributed by atoms with van der Waals surface area (Å²) in [5, 5.41) is 0. The van der Waals surface area contributed by atoms with Crippen molar-refractivity contribution in [2.24, 2.45) is 0 Å². The molecule has 0 unspecified atom stereocenters. The first-order valence-corrected chi connectivity index (χ1v) is 8.02. The van der Waals surface area contributed by atoms with Crippen molar-refractivity contribution >= 4 is 37.5 Å². The van der Waals surface area contributed by atoms with E-state index in [4.69, 9.17) is 9.47 Å². The molecule has 1 aromatic heterocycles. The van der Waals surface area contributed by atoms with Gasteiger partial charge in [-0.15, -0.1) is 0 Å². The van der Waals surface area contributed by atoms with Crippen LogP contribution in [0.4, 0.5) is 0 Å². The zero-order valence-electron chi connectivity index (χ0n) is 7.76. The molecular formula is C10H8O3Se2. The SMILES string of the molecule is O=c1[se]c2ccc(C3OCCO3)cc2[se]1. The summed E-state index contributed by atoms with van der Waals surface area (Å²) in [6.07, 6.45) is -0.214. The van der Waals surface area contributed by atoms with E-state index in [0.717, 1.165) is 5.56 Å². The van der Waals surface area contributed by atoms with Crippen molar-refractivity contribution in [3.63, 3.8) is 0 Å². The summed E-state index contributed by atoms with van der Waals surface area (Å²) in [5.41, 5.74) is 1.05. The summed E-state index contributed by atoms with van der Waals surface area (Å²) < 4.78 is 13.8. The summed E-state index contributed by atoms with van der Waals surface area (Å²) in [4.78, 5) is 11.3. The van der Waals surface area contributed by atoms with Crippen LogP contribution in [0.2, 0.25) is 0 Å². The second kappa shape index (κ2) is 4.02. The van der Waals surface area contributed by atoms with Gasteiger partial charge in [0.25, 0.3) is 0 Å². The molecule has 1 aromatic carbocycles. The third-order valence-corrected chi connectivity index (χ3v) is 7.80. The van der Waals surface area contributed by atoms with Gasteiger partial charge < -0.3 is 0 Å². The molecule has 3 rings (SSSR count). The minimum absolute atomic E-state index is 0.0317. The van der Waals surface area contributed by atoms with Crippen LogP contribution in [0.15, 0.2) is 23.0 Å². The van der Waals surface area contributed by atoms with E-state index in [1.165, 1.54) is 8.52 Å². The van der Waals surface area contributed by atoms with Gasteiger partial charge in [0.05, 0.1) is 0 Å². The van der Waals surface area contributed by atoms with Gasteiger partial charge in [0.15, 0.2) is 0 Å². The molecule has 1 saturated heterocycles.